The summed E-state index contributed by atoms with van der Waals surface area (Å²) in [5, 5.41) is 3.26. The predicted molar refractivity (Wildman–Crippen MR) is 77.6 cm³/mol. The Hall–Kier alpha value is 0.0300. The first kappa shape index (κ1) is 16.1. The van der Waals surface area contributed by atoms with Crippen molar-refractivity contribution in [2.75, 3.05) is 38.5 Å². The van der Waals surface area contributed by atoms with Crippen molar-refractivity contribution >= 4 is 30.1 Å². The molecule has 2 aliphatic rings. The Labute approximate surface area is 120 Å². The van der Waals surface area contributed by atoms with Gasteiger partial charge in [-0.15, -0.1) is 12.4 Å². The summed E-state index contributed by atoms with van der Waals surface area (Å²) in [7, 11) is 0. The predicted octanol–water partition coefficient (Wildman–Crippen LogP) is 1.14. The Balaban J connectivity index is 0.00000162. The fourth-order valence-corrected chi connectivity index (χ4v) is 3.42. The van der Waals surface area contributed by atoms with Crippen molar-refractivity contribution in [3.63, 3.8) is 0 Å². The lowest BCUT2D eigenvalue weighted by Gasteiger charge is -2.38. The number of halogens is 1. The summed E-state index contributed by atoms with van der Waals surface area (Å²) in [4.78, 5) is 14.2. The maximum Gasteiger partial charge on any atom is 0.225 e. The monoisotopic (exact) mass is 294 g/mol. The third-order valence-corrected chi connectivity index (χ3v) is 4.48. The molecular weight excluding hydrogens is 272 g/mol. The molecule has 0 bridgehead atoms. The Morgan fingerprint density at radius 3 is 2.94 bits per heavy atom. The van der Waals surface area contributed by atoms with Gasteiger partial charge in [-0.25, -0.2) is 0 Å². The second-order valence-corrected chi connectivity index (χ2v) is 7.13. The number of nitrogens with zero attached hydrogens (tertiary/aromatic N) is 1. The van der Waals surface area contributed by atoms with E-state index < -0.39 is 0 Å². The van der Waals surface area contributed by atoms with Crippen LogP contribution < -0.4 is 5.32 Å². The average Bonchev–Trinajstić information content (AvgIpc) is 2.29. The number of carbonyl (C=O) groups is 1. The lowest BCUT2D eigenvalue weighted by molar-refractivity contribution is -0.135. The fraction of sp³-hybridized carbons (Fsp3) is 0.917. The van der Waals surface area contributed by atoms with Crippen LogP contribution in [0.2, 0.25) is 0 Å². The summed E-state index contributed by atoms with van der Waals surface area (Å²) in [6, 6.07) is 0. The largest absolute Gasteiger partial charge is 0.375 e. The maximum atomic E-state index is 12.2. The molecule has 106 valence electrons. The lowest BCUT2D eigenvalue weighted by Crippen LogP contribution is -2.48. The van der Waals surface area contributed by atoms with Crippen LogP contribution in [-0.2, 0) is 9.53 Å². The summed E-state index contributed by atoms with van der Waals surface area (Å²) in [6.07, 6.45) is 0.585. The van der Waals surface area contributed by atoms with E-state index in [1.54, 1.807) is 0 Å². The molecule has 2 heterocycles. The molecule has 0 spiro atoms. The quantitative estimate of drug-likeness (QED) is 0.829. The molecule has 1 unspecified atom stereocenters. The Morgan fingerprint density at radius 1 is 1.56 bits per heavy atom. The van der Waals surface area contributed by atoms with E-state index in [2.05, 4.69) is 19.2 Å². The molecule has 2 rings (SSSR count). The highest BCUT2D eigenvalue weighted by Gasteiger charge is 2.30. The number of amides is 1. The maximum absolute atomic E-state index is 12.2. The van der Waals surface area contributed by atoms with Crippen LogP contribution in [0.1, 0.15) is 20.3 Å². The molecule has 2 fully saturated rings. The van der Waals surface area contributed by atoms with Gasteiger partial charge in [0.1, 0.15) is 0 Å². The molecule has 2 saturated heterocycles. The van der Waals surface area contributed by atoms with Gasteiger partial charge < -0.3 is 15.0 Å². The van der Waals surface area contributed by atoms with Crippen LogP contribution >= 0.6 is 24.2 Å². The minimum Gasteiger partial charge on any atom is -0.375 e. The van der Waals surface area contributed by atoms with Crippen LogP contribution in [0.25, 0.3) is 0 Å². The van der Waals surface area contributed by atoms with Gasteiger partial charge in [0.15, 0.2) is 0 Å². The van der Waals surface area contributed by atoms with Gasteiger partial charge in [-0.1, -0.05) is 0 Å². The zero-order valence-electron chi connectivity index (χ0n) is 11.1. The van der Waals surface area contributed by atoms with E-state index in [9.17, 15) is 4.79 Å². The fourth-order valence-electron chi connectivity index (χ4n) is 2.30. The molecule has 4 nitrogen and oxygen atoms in total. The summed E-state index contributed by atoms with van der Waals surface area (Å²) in [5.74, 6) is 1.29. The van der Waals surface area contributed by atoms with Gasteiger partial charge in [0, 0.05) is 36.7 Å². The van der Waals surface area contributed by atoms with Crippen molar-refractivity contribution in [2.45, 2.75) is 31.1 Å². The summed E-state index contributed by atoms with van der Waals surface area (Å²) in [6.45, 7) is 8.57. The van der Waals surface area contributed by atoms with Gasteiger partial charge >= 0.3 is 0 Å². The number of rotatable bonds is 2. The van der Waals surface area contributed by atoms with Crippen LogP contribution in [0.5, 0.6) is 0 Å². The first-order valence-corrected chi connectivity index (χ1v) is 7.29. The van der Waals surface area contributed by atoms with Crippen molar-refractivity contribution in [3.05, 3.63) is 0 Å². The van der Waals surface area contributed by atoms with Crippen LogP contribution in [0.15, 0.2) is 0 Å². The van der Waals surface area contributed by atoms with E-state index >= 15 is 0 Å². The topological polar surface area (TPSA) is 41.6 Å². The third kappa shape index (κ3) is 4.61. The zero-order chi connectivity index (χ0) is 12.3. The Kier molecular flexibility index (Phi) is 6.24. The highest BCUT2D eigenvalue weighted by Crippen LogP contribution is 2.29. The number of hydrogen-bond acceptors (Lipinski definition) is 4. The highest BCUT2D eigenvalue weighted by molar-refractivity contribution is 8.00. The first-order chi connectivity index (χ1) is 8.07. The van der Waals surface area contributed by atoms with E-state index in [-0.39, 0.29) is 29.2 Å². The molecule has 0 aromatic carbocycles. The molecule has 0 aliphatic carbocycles. The number of ether oxygens (including phenoxy) is 1. The van der Waals surface area contributed by atoms with E-state index in [1.165, 1.54) is 0 Å². The number of nitrogens with one attached hydrogen (secondary N) is 1. The molecule has 0 aromatic rings. The van der Waals surface area contributed by atoms with E-state index in [4.69, 9.17) is 4.74 Å². The van der Waals surface area contributed by atoms with Crippen molar-refractivity contribution in [2.24, 2.45) is 0 Å². The number of carbonyl (C=O) groups excluding carboxylic acids is 1. The second-order valence-electron chi connectivity index (χ2n) is 5.32. The van der Waals surface area contributed by atoms with Crippen molar-refractivity contribution in [1.29, 1.82) is 0 Å². The van der Waals surface area contributed by atoms with Crippen molar-refractivity contribution in [1.82, 2.24) is 10.2 Å². The van der Waals surface area contributed by atoms with Crippen molar-refractivity contribution in [3.8, 4) is 0 Å². The standard InChI is InChI=1S/C12H22N2O2S.ClH/c1-12(2)9-14(4-6-17-12)11(15)7-10-8-13-3-5-16-10;/h10,13H,3-9H2,1-2H3;1H. The summed E-state index contributed by atoms with van der Waals surface area (Å²) in [5.41, 5.74) is 0. The second kappa shape index (κ2) is 6.98. The molecule has 18 heavy (non-hydrogen) atoms. The van der Waals surface area contributed by atoms with Gasteiger partial charge in [0.2, 0.25) is 5.91 Å². The molecule has 1 N–H and O–H groups in total. The van der Waals surface area contributed by atoms with Gasteiger partial charge in [-0.2, -0.15) is 11.8 Å². The normalized spacial score (nSPS) is 27.4. The van der Waals surface area contributed by atoms with Gasteiger partial charge in [0.05, 0.1) is 19.1 Å². The summed E-state index contributed by atoms with van der Waals surface area (Å²) < 4.78 is 5.77. The lowest BCUT2D eigenvalue weighted by atomic mass is 10.1. The Bertz CT molecular complexity index is 283. The highest BCUT2D eigenvalue weighted by atomic mass is 35.5. The van der Waals surface area contributed by atoms with E-state index in [0.29, 0.717) is 6.42 Å². The minimum atomic E-state index is 0. The molecular formula is C12H23ClN2O2S. The average molecular weight is 295 g/mol. The van der Waals surface area contributed by atoms with Crippen molar-refractivity contribution < 1.29 is 9.53 Å². The third-order valence-electron chi connectivity index (χ3n) is 3.19. The number of thioether (sulfide) groups is 1. The Morgan fingerprint density at radius 2 is 2.33 bits per heavy atom. The van der Waals surface area contributed by atoms with Crippen LogP contribution in [0.3, 0.4) is 0 Å². The van der Waals surface area contributed by atoms with E-state index in [0.717, 1.165) is 38.5 Å². The molecule has 1 atom stereocenters. The molecule has 0 radical (unpaired) electrons. The molecule has 0 aromatic heterocycles. The van der Waals surface area contributed by atoms with Crippen LogP contribution in [-0.4, -0.2) is 60.2 Å². The summed E-state index contributed by atoms with van der Waals surface area (Å²) >= 11 is 1.95. The smallest absolute Gasteiger partial charge is 0.225 e. The van der Waals surface area contributed by atoms with E-state index in [1.807, 2.05) is 16.7 Å². The van der Waals surface area contributed by atoms with Crippen LogP contribution in [0, 0.1) is 0 Å². The zero-order valence-corrected chi connectivity index (χ0v) is 12.7. The van der Waals surface area contributed by atoms with Gasteiger partial charge in [-0.3, -0.25) is 4.79 Å². The van der Waals surface area contributed by atoms with Gasteiger partial charge in [-0.05, 0) is 13.8 Å². The number of morpholine rings is 1. The van der Waals surface area contributed by atoms with Gasteiger partial charge in [0.25, 0.3) is 0 Å². The molecule has 0 saturated carbocycles. The molecule has 1 amide bonds. The van der Waals surface area contributed by atoms with Crippen LogP contribution in [0.4, 0.5) is 0 Å². The first-order valence-electron chi connectivity index (χ1n) is 6.31. The molecule has 2 aliphatic heterocycles. The number of hydrogen-bond donors (Lipinski definition) is 1. The molecule has 6 heteroatoms. The minimum absolute atomic E-state index is 0. The SMILES string of the molecule is CC1(C)CN(C(=O)CC2CNCCO2)CCS1.Cl.